The summed E-state index contributed by atoms with van der Waals surface area (Å²) in [4.78, 5) is 17.4. The highest BCUT2D eigenvalue weighted by atomic mass is 16.3. The lowest BCUT2D eigenvalue weighted by Gasteiger charge is -2.22. The number of aromatic nitrogens is 1. The molecule has 4 nitrogen and oxygen atoms in total. The van der Waals surface area contributed by atoms with Crippen LogP contribution in [0.5, 0.6) is 0 Å². The molecule has 3 rings (SSSR count). The average Bonchev–Trinajstić information content (AvgIpc) is 3.11. The van der Waals surface area contributed by atoms with Crippen LogP contribution in [0.2, 0.25) is 0 Å². The second-order valence-corrected chi connectivity index (χ2v) is 5.93. The molecule has 0 bridgehead atoms. The van der Waals surface area contributed by atoms with Gasteiger partial charge in [0.2, 0.25) is 5.91 Å². The molecule has 112 valence electrons. The van der Waals surface area contributed by atoms with Gasteiger partial charge in [-0.25, -0.2) is 0 Å². The first-order valence-corrected chi connectivity index (χ1v) is 7.66. The summed E-state index contributed by atoms with van der Waals surface area (Å²) < 4.78 is 0. The molecule has 0 saturated carbocycles. The first-order chi connectivity index (χ1) is 10.2. The van der Waals surface area contributed by atoms with Crippen LogP contribution in [0.4, 0.5) is 0 Å². The standard InChI is InChI=1S/C17H22N2O2/c1-12-4-6-16-15(9-12)13(10-18-16)5-7-17(21)19-8-2-3-14(19)11-20/h4,6,9-10,14,18,20H,2-3,5,7-8,11H2,1H3/t14-/m0/s1. The Labute approximate surface area is 124 Å². The maximum Gasteiger partial charge on any atom is 0.223 e. The van der Waals surface area contributed by atoms with Crippen LogP contribution >= 0.6 is 0 Å². The summed E-state index contributed by atoms with van der Waals surface area (Å²) in [5.74, 6) is 0.161. The second-order valence-electron chi connectivity index (χ2n) is 5.93. The molecule has 1 aliphatic heterocycles. The topological polar surface area (TPSA) is 56.3 Å². The van der Waals surface area contributed by atoms with Crippen LogP contribution in [0.1, 0.15) is 30.4 Å². The van der Waals surface area contributed by atoms with Gasteiger partial charge in [0, 0.05) is 30.1 Å². The number of fused-ring (bicyclic) bond motifs is 1. The second kappa shape index (κ2) is 5.90. The Kier molecular flexibility index (Phi) is 3.97. The molecule has 1 saturated heterocycles. The molecule has 2 N–H and O–H groups in total. The van der Waals surface area contributed by atoms with E-state index in [0.29, 0.717) is 6.42 Å². The van der Waals surface area contributed by atoms with Crippen molar-refractivity contribution in [3.8, 4) is 0 Å². The average molecular weight is 286 g/mol. The number of hydrogen-bond donors (Lipinski definition) is 2. The van der Waals surface area contributed by atoms with E-state index < -0.39 is 0 Å². The molecule has 2 aromatic rings. The third kappa shape index (κ3) is 2.81. The number of aryl methyl sites for hydroxylation is 2. The van der Waals surface area contributed by atoms with Crippen molar-refractivity contribution in [2.75, 3.05) is 13.2 Å². The third-order valence-electron chi connectivity index (χ3n) is 4.44. The number of nitrogens with one attached hydrogen (secondary N) is 1. The molecule has 1 aliphatic rings. The van der Waals surface area contributed by atoms with E-state index in [4.69, 9.17) is 0 Å². The van der Waals surface area contributed by atoms with Crippen LogP contribution in [0.3, 0.4) is 0 Å². The number of amides is 1. The van der Waals surface area contributed by atoms with E-state index >= 15 is 0 Å². The number of carbonyl (C=O) groups is 1. The largest absolute Gasteiger partial charge is 0.394 e. The van der Waals surface area contributed by atoms with Gasteiger partial charge in [-0.05, 0) is 43.9 Å². The summed E-state index contributed by atoms with van der Waals surface area (Å²) in [6, 6.07) is 6.36. The summed E-state index contributed by atoms with van der Waals surface area (Å²) >= 11 is 0. The lowest BCUT2D eigenvalue weighted by molar-refractivity contribution is -0.132. The molecule has 1 atom stereocenters. The molecule has 1 fully saturated rings. The number of H-pyrrole nitrogens is 1. The summed E-state index contributed by atoms with van der Waals surface area (Å²) in [5.41, 5.74) is 3.55. The minimum absolute atomic E-state index is 0.0303. The van der Waals surface area contributed by atoms with Crippen LogP contribution in [-0.4, -0.2) is 40.1 Å². The zero-order valence-corrected chi connectivity index (χ0v) is 12.4. The number of benzene rings is 1. The summed E-state index contributed by atoms with van der Waals surface area (Å²) in [6.07, 6.45) is 5.19. The Bertz CT molecular complexity index is 647. The minimum Gasteiger partial charge on any atom is -0.394 e. The van der Waals surface area contributed by atoms with Crippen LogP contribution in [0, 0.1) is 6.92 Å². The Balaban J connectivity index is 1.69. The van der Waals surface area contributed by atoms with Crippen LogP contribution < -0.4 is 0 Å². The van der Waals surface area contributed by atoms with Crippen molar-refractivity contribution < 1.29 is 9.90 Å². The van der Waals surface area contributed by atoms with E-state index in [-0.39, 0.29) is 18.6 Å². The Morgan fingerprint density at radius 1 is 1.48 bits per heavy atom. The lowest BCUT2D eigenvalue weighted by atomic mass is 10.1. The van der Waals surface area contributed by atoms with Crippen molar-refractivity contribution in [2.24, 2.45) is 0 Å². The third-order valence-corrected chi connectivity index (χ3v) is 4.44. The SMILES string of the molecule is Cc1ccc2[nH]cc(CCC(=O)N3CCC[C@H]3CO)c2c1. The molecule has 1 aromatic carbocycles. The fourth-order valence-corrected chi connectivity index (χ4v) is 3.24. The molecular weight excluding hydrogens is 264 g/mol. The summed E-state index contributed by atoms with van der Waals surface area (Å²) in [6.45, 7) is 2.95. The van der Waals surface area contributed by atoms with Crippen molar-refractivity contribution in [1.29, 1.82) is 0 Å². The normalized spacial score (nSPS) is 18.6. The van der Waals surface area contributed by atoms with Gasteiger partial charge in [-0.2, -0.15) is 0 Å². The molecular formula is C17H22N2O2. The van der Waals surface area contributed by atoms with Gasteiger partial charge in [0.1, 0.15) is 0 Å². The maximum atomic E-state index is 12.3. The monoisotopic (exact) mass is 286 g/mol. The number of rotatable bonds is 4. The highest BCUT2D eigenvalue weighted by Crippen LogP contribution is 2.22. The number of nitrogens with zero attached hydrogens (tertiary/aromatic N) is 1. The van der Waals surface area contributed by atoms with Gasteiger partial charge in [-0.15, -0.1) is 0 Å². The number of hydrogen-bond acceptors (Lipinski definition) is 2. The molecule has 1 aromatic heterocycles. The first kappa shape index (κ1) is 14.1. The van der Waals surface area contributed by atoms with Gasteiger partial charge in [-0.1, -0.05) is 11.6 Å². The molecule has 0 spiro atoms. The molecule has 2 heterocycles. The van der Waals surface area contributed by atoms with E-state index in [1.165, 1.54) is 16.5 Å². The molecule has 0 radical (unpaired) electrons. The van der Waals surface area contributed by atoms with Gasteiger partial charge >= 0.3 is 0 Å². The number of likely N-dealkylation sites (tertiary alicyclic amines) is 1. The number of aliphatic hydroxyl groups excluding tert-OH is 1. The molecule has 1 amide bonds. The Morgan fingerprint density at radius 3 is 3.14 bits per heavy atom. The first-order valence-electron chi connectivity index (χ1n) is 7.66. The van der Waals surface area contributed by atoms with Gasteiger partial charge in [0.05, 0.1) is 12.6 Å². The summed E-state index contributed by atoms with van der Waals surface area (Å²) in [7, 11) is 0. The van der Waals surface area contributed by atoms with Crippen LogP contribution in [-0.2, 0) is 11.2 Å². The molecule has 0 aliphatic carbocycles. The van der Waals surface area contributed by atoms with Gasteiger partial charge in [-0.3, -0.25) is 4.79 Å². The highest BCUT2D eigenvalue weighted by molar-refractivity contribution is 5.85. The molecule has 4 heteroatoms. The van der Waals surface area contributed by atoms with Crippen molar-refractivity contribution in [3.63, 3.8) is 0 Å². The van der Waals surface area contributed by atoms with Gasteiger partial charge < -0.3 is 15.0 Å². The molecule has 0 unspecified atom stereocenters. The lowest BCUT2D eigenvalue weighted by Crippen LogP contribution is -2.37. The van der Waals surface area contributed by atoms with E-state index in [1.54, 1.807) is 0 Å². The Morgan fingerprint density at radius 2 is 2.33 bits per heavy atom. The van der Waals surface area contributed by atoms with Crippen LogP contribution in [0.25, 0.3) is 10.9 Å². The fraction of sp³-hybridized carbons (Fsp3) is 0.471. The number of aliphatic hydroxyl groups is 1. The minimum atomic E-state index is 0.0303. The zero-order valence-electron chi connectivity index (χ0n) is 12.4. The number of aromatic amines is 1. The van der Waals surface area contributed by atoms with Gasteiger partial charge in [0.25, 0.3) is 0 Å². The zero-order chi connectivity index (χ0) is 14.8. The number of carbonyl (C=O) groups excluding carboxylic acids is 1. The van der Waals surface area contributed by atoms with Crippen LogP contribution in [0.15, 0.2) is 24.4 Å². The van der Waals surface area contributed by atoms with E-state index in [2.05, 4.69) is 30.1 Å². The van der Waals surface area contributed by atoms with Crippen molar-refractivity contribution >= 4 is 16.8 Å². The smallest absolute Gasteiger partial charge is 0.223 e. The predicted molar refractivity (Wildman–Crippen MR) is 83.2 cm³/mol. The fourth-order valence-electron chi connectivity index (χ4n) is 3.24. The van der Waals surface area contributed by atoms with Crippen molar-refractivity contribution in [1.82, 2.24) is 9.88 Å². The van der Waals surface area contributed by atoms with Gasteiger partial charge in [0.15, 0.2) is 0 Å². The van der Waals surface area contributed by atoms with Crippen molar-refractivity contribution in [2.45, 2.75) is 38.6 Å². The maximum absolute atomic E-state index is 12.3. The Hall–Kier alpha value is -1.81. The quantitative estimate of drug-likeness (QED) is 0.906. The highest BCUT2D eigenvalue weighted by Gasteiger charge is 2.27. The predicted octanol–water partition coefficient (Wildman–Crippen LogP) is 2.39. The van der Waals surface area contributed by atoms with E-state index in [0.717, 1.165) is 31.3 Å². The van der Waals surface area contributed by atoms with E-state index in [1.807, 2.05) is 11.1 Å². The summed E-state index contributed by atoms with van der Waals surface area (Å²) in [5, 5.41) is 10.5. The van der Waals surface area contributed by atoms with Crippen molar-refractivity contribution in [3.05, 3.63) is 35.5 Å². The molecule has 21 heavy (non-hydrogen) atoms. The van der Waals surface area contributed by atoms with E-state index in [9.17, 15) is 9.90 Å².